The van der Waals surface area contributed by atoms with Crippen molar-refractivity contribution in [1.82, 2.24) is 9.62 Å². The molecule has 1 amide bonds. The lowest BCUT2D eigenvalue weighted by Gasteiger charge is -2.22. The number of hydrogen-bond acceptors (Lipinski definition) is 6. The summed E-state index contributed by atoms with van der Waals surface area (Å²) >= 11 is 0. The molecule has 2 aliphatic rings. The van der Waals surface area contributed by atoms with Crippen molar-refractivity contribution in [3.8, 4) is 5.75 Å². The van der Waals surface area contributed by atoms with Gasteiger partial charge in [-0.15, -0.1) is 0 Å². The summed E-state index contributed by atoms with van der Waals surface area (Å²) in [6, 6.07) is 4.31. The normalized spacial score (nSPS) is 19.1. The van der Waals surface area contributed by atoms with E-state index in [2.05, 4.69) is 5.32 Å². The van der Waals surface area contributed by atoms with E-state index in [1.54, 1.807) is 0 Å². The average molecular weight is 481 g/mol. The van der Waals surface area contributed by atoms with Crippen LogP contribution in [-0.4, -0.2) is 57.4 Å². The molecule has 33 heavy (non-hydrogen) atoms. The summed E-state index contributed by atoms with van der Waals surface area (Å²) in [7, 11) is -2.42. The van der Waals surface area contributed by atoms with Crippen molar-refractivity contribution in [2.45, 2.75) is 81.6 Å². The van der Waals surface area contributed by atoms with E-state index in [0.717, 1.165) is 51.4 Å². The van der Waals surface area contributed by atoms with E-state index >= 15 is 0 Å². The zero-order valence-electron chi connectivity index (χ0n) is 19.5. The summed E-state index contributed by atoms with van der Waals surface area (Å²) in [6.07, 6.45) is 11.3. The summed E-state index contributed by atoms with van der Waals surface area (Å²) in [5.74, 6) is -0.893. The molecule has 3 rings (SSSR count). The monoisotopic (exact) mass is 480 g/mol. The van der Waals surface area contributed by atoms with Gasteiger partial charge in [0.15, 0.2) is 6.61 Å². The molecule has 0 bridgehead atoms. The zero-order chi connectivity index (χ0) is 23.7. The Morgan fingerprint density at radius 3 is 2.21 bits per heavy atom. The van der Waals surface area contributed by atoms with E-state index in [-0.39, 0.29) is 28.2 Å². The molecule has 0 radical (unpaired) electrons. The lowest BCUT2D eigenvalue weighted by Crippen LogP contribution is -2.38. The van der Waals surface area contributed by atoms with Crippen LogP contribution in [0.15, 0.2) is 23.1 Å². The molecule has 0 aromatic heterocycles. The Balaban J connectivity index is 1.65. The van der Waals surface area contributed by atoms with Gasteiger partial charge in [0.05, 0.1) is 12.7 Å². The average Bonchev–Trinajstić information content (AvgIpc) is 3.09. The second-order valence-corrected chi connectivity index (χ2v) is 10.8. The van der Waals surface area contributed by atoms with Crippen LogP contribution in [0.1, 0.15) is 81.0 Å². The minimum atomic E-state index is -3.82. The van der Waals surface area contributed by atoms with E-state index in [1.807, 2.05) is 0 Å². The molecule has 1 aromatic rings. The molecular weight excluding hydrogens is 444 g/mol. The van der Waals surface area contributed by atoms with E-state index < -0.39 is 22.6 Å². The highest BCUT2D eigenvalue weighted by molar-refractivity contribution is 7.89. The third kappa shape index (κ3) is 7.17. The van der Waals surface area contributed by atoms with Gasteiger partial charge in [0, 0.05) is 19.1 Å². The third-order valence-corrected chi connectivity index (χ3v) is 8.31. The molecular formula is C24H36N2O6S. The predicted molar refractivity (Wildman–Crippen MR) is 125 cm³/mol. The van der Waals surface area contributed by atoms with E-state index in [0.29, 0.717) is 13.1 Å². The molecule has 1 N–H and O–H groups in total. The van der Waals surface area contributed by atoms with Crippen molar-refractivity contribution in [3.63, 3.8) is 0 Å². The fraction of sp³-hybridized carbons (Fsp3) is 0.667. The van der Waals surface area contributed by atoms with Crippen LogP contribution in [-0.2, 0) is 19.6 Å². The topological polar surface area (TPSA) is 102 Å². The van der Waals surface area contributed by atoms with Crippen LogP contribution in [0.3, 0.4) is 0 Å². The summed E-state index contributed by atoms with van der Waals surface area (Å²) in [6.45, 7) is 0.499. The van der Waals surface area contributed by atoms with Crippen LogP contribution >= 0.6 is 0 Å². The number of benzene rings is 1. The molecule has 0 atom stereocenters. The fourth-order valence-electron chi connectivity index (χ4n) is 4.51. The number of sulfonamides is 1. The number of carbonyl (C=O) groups excluding carboxylic acids is 2. The molecule has 1 saturated carbocycles. The van der Waals surface area contributed by atoms with Gasteiger partial charge in [0.25, 0.3) is 5.91 Å². The minimum Gasteiger partial charge on any atom is -0.495 e. The Bertz CT molecular complexity index is 902. The second-order valence-electron chi connectivity index (χ2n) is 8.87. The molecule has 0 unspecified atom stereocenters. The van der Waals surface area contributed by atoms with Gasteiger partial charge >= 0.3 is 5.97 Å². The van der Waals surface area contributed by atoms with E-state index in [9.17, 15) is 18.0 Å². The number of nitrogens with one attached hydrogen (secondary N) is 1. The minimum absolute atomic E-state index is 0.0553. The summed E-state index contributed by atoms with van der Waals surface area (Å²) < 4.78 is 38.4. The van der Waals surface area contributed by atoms with Gasteiger partial charge in [-0.3, -0.25) is 4.79 Å². The number of ether oxygens (including phenoxy) is 2. The first-order valence-electron chi connectivity index (χ1n) is 12.1. The number of nitrogens with zero attached hydrogens (tertiary/aromatic N) is 1. The number of carbonyl (C=O) groups is 2. The summed E-state index contributed by atoms with van der Waals surface area (Å²) in [5, 5.41) is 2.96. The number of rotatable bonds is 7. The van der Waals surface area contributed by atoms with Crippen LogP contribution in [0.25, 0.3) is 0 Å². The number of hydrogen-bond donors (Lipinski definition) is 1. The molecule has 1 saturated heterocycles. The fourth-order valence-corrected chi connectivity index (χ4v) is 6.21. The Kier molecular flexibility index (Phi) is 9.55. The third-order valence-electron chi connectivity index (χ3n) is 6.39. The van der Waals surface area contributed by atoms with Gasteiger partial charge in [-0.05, 0) is 43.9 Å². The van der Waals surface area contributed by atoms with Gasteiger partial charge in [0.1, 0.15) is 10.6 Å². The zero-order valence-corrected chi connectivity index (χ0v) is 20.3. The largest absolute Gasteiger partial charge is 0.495 e. The van der Waals surface area contributed by atoms with Gasteiger partial charge in [0.2, 0.25) is 10.0 Å². The quantitative estimate of drug-likeness (QED) is 0.598. The highest BCUT2D eigenvalue weighted by Gasteiger charge is 2.29. The van der Waals surface area contributed by atoms with Crippen molar-refractivity contribution in [2.24, 2.45) is 0 Å². The standard InChI is InChI=1S/C24H36N2O6S/c1-31-21-14-13-19(17-22(21)33(29,30)26-15-9-5-6-10-16-26)24(28)32-18-23(27)25-20-11-7-3-2-4-8-12-20/h13-14,17,20H,2-12,15-16,18H2,1H3,(H,25,27). The maximum absolute atomic E-state index is 13.3. The molecule has 1 aromatic carbocycles. The number of methoxy groups -OCH3 is 1. The molecule has 9 heteroatoms. The summed E-state index contributed by atoms with van der Waals surface area (Å²) in [4.78, 5) is 24.8. The van der Waals surface area contributed by atoms with E-state index in [4.69, 9.17) is 9.47 Å². The predicted octanol–water partition coefficient (Wildman–Crippen LogP) is 3.65. The van der Waals surface area contributed by atoms with Crippen molar-refractivity contribution in [3.05, 3.63) is 23.8 Å². The van der Waals surface area contributed by atoms with Crippen LogP contribution in [0.5, 0.6) is 5.75 Å². The molecule has 0 spiro atoms. The molecule has 1 heterocycles. The molecule has 1 aliphatic heterocycles. The van der Waals surface area contributed by atoms with Crippen LogP contribution < -0.4 is 10.1 Å². The maximum atomic E-state index is 13.3. The molecule has 2 fully saturated rings. The van der Waals surface area contributed by atoms with Crippen LogP contribution in [0.2, 0.25) is 0 Å². The van der Waals surface area contributed by atoms with E-state index in [1.165, 1.54) is 48.9 Å². The van der Waals surface area contributed by atoms with Crippen molar-refractivity contribution in [2.75, 3.05) is 26.8 Å². The number of amides is 1. The Hall–Kier alpha value is -2.13. The van der Waals surface area contributed by atoms with Crippen molar-refractivity contribution < 1.29 is 27.5 Å². The van der Waals surface area contributed by atoms with Crippen LogP contribution in [0.4, 0.5) is 0 Å². The maximum Gasteiger partial charge on any atom is 0.338 e. The summed E-state index contributed by atoms with van der Waals surface area (Å²) in [5.41, 5.74) is 0.0722. The smallest absolute Gasteiger partial charge is 0.338 e. The van der Waals surface area contributed by atoms with Gasteiger partial charge in [-0.1, -0.05) is 44.9 Å². The highest BCUT2D eigenvalue weighted by Crippen LogP contribution is 2.29. The first-order valence-corrected chi connectivity index (χ1v) is 13.5. The van der Waals surface area contributed by atoms with Gasteiger partial charge in [-0.2, -0.15) is 4.31 Å². The molecule has 1 aliphatic carbocycles. The lowest BCUT2D eigenvalue weighted by atomic mass is 9.97. The second kappa shape index (κ2) is 12.4. The molecule has 184 valence electrons. The Morgan fingerprint density at radius 1 is 0.970 bits per heavy atom. The van der Waals surface area contributed by atoms with Crippen molar-refractivity contribution in [1.29, 1.82) is 0 Å². The number of esters is 1. The first-order chi connectivity index (χ1) is 15.9. The SMILES string of the molecule is COc1ccc(C(=O)OCC(=O)NC2CCCCCCC2)cc1S(=O)(=O)N1CCCCCC1. The van der Waals surface area contributed by atoms with Gasteiger partial charge in [-0.25, -0.2) is 13.2 Å². The lowest BCUT2D eigenvalue weighted by molar-refractivity contribution is -0.125. The first kappa shape index (κ1) is 25.5. The van der Waals surface area contributed by atoms with Crippen molar-refractivity contribution >= 4 is 21.9 Å². The Labute approximate surface area is 197 Å². The highest BCUT2D eigenvalue weighted by atomic mass is 32.2. The molecule has 8 nitrogen and oxygen atoms in total. The van der Waals surface area contributed by atoms with Crippen LogP contribution in [0, 0.1) is 0 Å². The Morgan fingerprint density at radius 2 is 1.58 bits per heavy atom. The van der Waals surface area contributed by atoms with Gasteiger partial charge < -0.3 is 14.8 Å².